The van der Waals surface area contributed by atoms with E-state index < -0.39 is 4.92 Å². The van der Waals surface area contributed by atoms with Gasteiger partial charge >= 0.3 is 0 Å². The van der Waals surface area contributed by atoms with Crippen LogP contribution >= 0.6 is 27.5 Å². The van der Waals surface area contributed by atoms with E-state index in [1.165, 1.54) is 29.4 Å². The van der Waals surface area contributed by atoms with Crippen molar-refractivity contribution in [2.75, 3.05) is 6.61 Å². The van der Waals surface area contributed by atoms with Crippen LogP contribution in [0.5, 0.6) is 17.4 Å². The highest BCUT2D eigenvalue weighted by Gasteiger charge is 2.23. The Kier molecular flexibility index (Phi) is 8.41. The third-order valence-corrected chi connectivity index (χ3v) is 8.10. The molecule has 0 amide bonds. The van der Waals surface area contributed by atoms with Gasteiger partial charge in [-0.1, -0.05) is 43.0 Å². The first-order valence-electron chi connectivity index (χ1n) is 12.9. The number of fused-ring (bicyclic) bond motifs is 1. The Morgan fingerprint density at radius 2 is 2.00 bits per heavy atom. The molecule has 4 aromatic rings. The molecule has 1 aliphatic carbocycles. The predicted octanol–water partition coefficient (Wildman–Crippen LogP) is 7.24. The molecule has 2 heterocycles. The number of hydrogen-bond acceptors (Lipinski definition) is 8. The van der Waals surface area contributed by atoms with E-state index in [0.29, 0.717) is 39.1 Å². The maximum atomic E-state index is 13.5. The topological polar surface area (TPSA) is 122 Å². The highest BCUT2D eigenvalue weighted by atomic mass is 79.9. The van der Waals surface area contributed by atoms with E-state index in [4.69, 9.17) is 26.1 Å². The van der Waals surface area contributed by atoms with Gasteiger partial charge < -0.3 is 9.47 Å². The quantitative estimate of drug-likeness (QED) is 0.115. The summed E-state index contributed by atoms with van der Waals surface area (Å²) in [4.78, 5) is 32.8. The van der Waals surface area contributed by atoms with Gasteiger partial charge in [0, 0.05) is 28.1 Å². The maximum absolute atomic E-state index is 13.5. The molecule has 5 rings (SSSR count). The first-order valence-corrected chi connectivity index (χ1v) is 14.0. The van der Waals surface area contributed by atoms with E-state index in [1.54, 1.807) is 12.1 Å². The molecule has 0 bridgehead atoms. The van der Waals surface area contributed by atoms with Crippen LogP contribution in [0.1, 0.15) is 56.3 Å². The molecule has 206 valence electrons. The summed E-state index contributed by atoms with van der Waals surface area (Å²) in [6, 6.07) is 11.6. The lowest BCUT2D eigenvalue weighted by Gasteiger charge is -2.22. The van der Waals surface area contributed by atoms with Crippen molar-refractivity contribution in [1.82, 2.24) is 14.6 Å². The van der Waals surface area contributed by atoms with Crippen LogP contribution in [0, 0.1) is 10.1 Å². The minimum absolute atomic E-state index is 0.104. The molecule has 2 aromatic heterocycles. The number of para-hydroxylation sites is 1. The average molecular weight is 627 g/mol. The molecular weight excluding hydrogens is 602 g/mol. The maximum Gasteiger partial charge on any atom is 0.287 e. The molecule has 10 nitrogen and oxygen atoms in total. The predicted molar refractivity (Wildman–Crippen MR) is 156 cm³/mol. The van der Waals surface area contributed by atoms with Gasteiger partial charge in [-0.3, -0.25) is 14.9 Å². The van der Waals surface area contributed by atoms with Crippen LogP contribution in [0.4, 0.5) is 5.69 Å². The first-order chi connectivity index (χ1) is 19.4. The molecule has 1 saturated carbocycles. The summed E-state index contributed by atoms with van der Waals surface area (Å²) in [6.45, 7) is 2.13. The van der Waals surface area contributed by atoms with Crippen LogP contribution in [0.3, 0.4) is 0 Å². The molecule has 0 saturated heterocycles. The number of ether oxygens (including phenoxy) is 2. The van der Waals surface area contributed by atoms with E-state index in [0.717, 1.165) is 31.9 Å². The van der Waals surface area contributed by atoms with Crippen LogP contribution < -0.4 is 15.0 Å². The fourth-order valence-corrected chi connectivity index (χ4v) is 5.34. The van der Waals surface area contributed by atoms with Crippen LogP contribution in [-0.2, 0) is 0 Å². The highest BCUT2D eigenvalue weighted by Crippen LogP contribution is 2.44. The second-order valence-electron chi connectivity index (χ2n) is 9.25. The van der Waals surface area contributed by atoms with Gasteiger partial charge in [-0.25, -0.2) is 9.97 Å². The Morgan fingerprint density at radius 3 is 2.70 bits per heavy atom. The normalized spacial score (nSPS) is 14.1. The van der Waals surface area contributed by atoms with Gasteiger partial charge in [0.1, 0.15) is 17.0 Å². The summed E-state index contributed by atoms with van der Waals surface area (Å²) in [7, 11) is 0. The molecule has 40 heavy (non-hydrogen) atoms. The van der Waals surface area contributed by atoms with Gasteiger partial charge in [0.25, 0.3) is 11.2 Å². The van der Waals surface area contributed by atoms with Gasteiger partial charge in [-0.05, 0) is 53.9 Å². The molecular formula is C28H25BrClN5O5. The van der Waals surface area contributed by atoms with Gasteiger partial charge in [-0.15, -0.1) is 0 Å². The van der Waals surface area contributed by atoms with Crippen molar-refractivity contribution >= 4 is 50.3 Å². The van der Waals surface area contributed by atoms with Crippen molar-refractivity contribution in [2.24, 2.45) is 5.10 Å². The SMILES string of the molecule is CCOc1cc(C=Nn2c(C3CCCCC3)nc3ccccc3c2=O)c(Br)c(Cl)c1Oc1ccc([N+](=O)[O-])cn1. The zero-order chi connectivity index (χ0) is 28.2. The zero-order valence-corrected chi connectivity index (χ0v) is 23.9. The molecule has 0 radical (unpaired) electrons. The number of nitro groups is 1. The lowest BCUT2D eigenvalue weighted by atomic mass is 9.88. The Morgan fingerprint density at radius 1 is 1.23 bits per heavy atom. The fraction of sp³-hybridized carbons (Fsp3) is 0.286. The summed E-state index contributed by atoms with van der Waals surface area (Å²) in [5.74, 6) is 1.39. The van der Waals surface area contributed by atoms with Crippen molar-refractivity contribution in [3.63, 3.8) is 0 Å². The summed E-state index contributed by atoms with van der Waals surface area (Å²) < 4.78 is 13.5. The molecule has 12 heteroatoms. The number of rotatable bonds is 8. The van der Waals surface area contributed by atoms with E-state index >= 15 is 0 Å². The first kappa shape index (κ1) is 27.7. The van der Waals surface area contributed by atoms with E-state index in [9.17, 15) is 14.9 Å². The van der Waals surface area contributed by atoms with Gasteiger partial charge in [0.2, 0.25) is 5.88 Å². The Bertz CT molecular complexity index is 1650. The molecule has 0 N–H and O–H groups in total. The molecule has 0 atom stereocenters. The lowest BCUT2D eigenvalue weighted by Crippen LogP contribution is -2.25. The summed E-state index contributed by atoms with van der Waals surface area (Å²) >= 11 is 10.2. The van der Waals surface area contributed by atoms with Crippen molar-refractivity contribution in [1.29, 1.82) is 0 Å². The van der Waals surface area contributed by atoms with Crippen LogP contribution in [0.2, 0.25) is 5.02 Å². The minimum Gasteiger partial charge on any atom is -0.490 e. The van der Waals surface area contributed by atoms with Crippen LogP contribution in [0.15, 0.2) is 63.0 Å². The summed E-state index contributed by atoms with van der Waals surface area (Å²) in [6.07, 6.45) is 7.88. The third-order valence-electron chi connectivity index (χ3n) is 6.66. The van der Waals surface area contributed by atoms with Crippen molar-refractivity contribution in [2.45, 2.75) is 44.9 Å². The molecule has 2 aromatic carbocycles. The second kappa shape index (κ2) is 12.1. The smallest absolute Gasteiger partial charge is 0.287 e. The number of benzene rings is 2. The molecule has 0 unspecified atom stereocenters. The van der Waals surface area contributed by atoms with E-state index in [2.05, 4.69) is 26.0 Å². The Labute approximate surface area is 242 Å². The molecule has 0 aliphatic heterocycles. The van der Waals surface area contributed by atoms with E-state index in [1.807, 2.05) is 25.1 Å². The highest BCUT2D eigenvalue weighted by molar-refractivity contribution is 9.10. The Hall–Kier alpha value is -3.83. The monoisotopic (exact) mass is 625 g/mol. The molecule has 1 fully saturated rings. The van der Waals surface area contributed by atoms with E-state index in [-0.39, 0.29) is 33.8 Å². The average Bonchev–Trinajstić information content (AvgIpc) is 2.97. The standard InChI is InChI=1S/C28H25BrClN5O5/c1-2-39-22-14-18(24(29)25(30)26(22)40-23-13-12-19(16-31-23)35(37)38)15-32-34-27(17-8-4-3-5-9-17)33-21-11-7-6-10-20(21)28(34)36/h6-7,10-17H,2-5,8-9H2,1H3. The Balaban J connectivity index is 1.55. The van der Waals surface area contributed by atoms with Crippen LogP contribution in [-0.4, -0.2) is 32.4 Å². The fourth-order valence-electron chi connectivity index (χ4n) is 4.70. The molecule has 0 spiro atoms. The van der Waals surface area contributed by atoms with Gasteiger partial charge in [0.15, 0.2) is 11.5 Å². The third kappa shape index (κ3) is 5.71. The van der Waals surface area contributed by atoms with Crippen LogP contribution in [0.25, 0.3) is 10.9 Å². The van der Waals surface area contributed by atoms with Crippen molar-refractivity contribution < 1.29 is 14.4 Å². The number of nitrogens with zero attached hydrogens (tertiary/aromatic N) is 5. The van der Waals surface area contributed by atoms with Gasteiger partial charge in [0.05, 0.1) is 28.6 Å². The minimum atomic E-state index is -0.545. The number of halogens is 2. The summed E-state index contributed by atoms with van der Waals surface area (Å²) in [5.41, 5.74) is 0.803. The lowest BCUT2D eigenvalue weighted by molar-refractivity contribution is -0.385. The van der Waals surface area contributed by atoms with Gasteiger partial charge in [-0.2, -0.15) is 9.78 Å². The van der Waals surface area contributed by atoms with Crippen molar-refractivity contribution in [3.8, 4) is 17.4 Å². The largest absolute Gasteiger partial charge is 0.490 e. The van der Waals surface area contributed by atoms with Crippen molar-refractivity contribution in [3.05, 3.63) is 90.0 Å². The summed E-state index contributed by atoms with van der Waals surface area (Å²) in [5, 5.41) is 16.2. The number of aromatic nitrogens is 3. The number of hydrogen-bond donors (Lipinski definition) is 0. The zero-order valence-electron chi connectivity index (χ0n) is 21.5. The molecule has 1 aliphatic rings. The number of pyridine rings is 1. The second-order valence-corrected chi connectivity index (χ2v) is 10.4.